The smallest absolute Gasteiger partial charge is 0.0546 e. The van der Waals surface area contributed by atoms with E-state index in [0.29, 0.717) is 0 Å². The van der Waals surface area contributed by atoms with E-state index in [2.05, 4.69) is 279 Å². The van der Waals surface area contributed by atoms with Crippen molar-refractivity contribution in [2.45, 2.75) is 6.92 Å². The molecule has 320 valence electrons. The van der Waals surface area contributed by atoms with E-state index in [1.165, 1.54) is 104 Å². The molecule has 0 saturated heterocycles. The van der Waals surface area contributed by atoms with Crippen molar-refractivity contribution in [2.24, 2.45) is 0 Å². The summed E-state index contributed by atoms with van der Waals surface area (Å²) in [7, 11) is 0. The molecule has 0 spiro atoms. The van der Waals surface area contributed by atoms with Gasteiger partial charge in [-0.25, -0.2) is 0 Å². The number of hydrogen-bond donors (Lipinski definition) is 0. The van der Waals surface area contributed by atoms with Crippen molar-refractivity contribution >= 4 is 82.1 Å². The van der Waals surface area contributed by atoms with Gasteiger partial charge in [0.15, 0.2) is 0 Å². The Hall–Kier alpha value is -8.78. The second-order valence-electron chi connectivity index (χ2n) is 17.4. The first-order valence-corrected chi connectivity index (χ1v) is 23.5. The van der Waals surface area contributed by atoms with Crippen LogP contribution in [0.25, 0.3) is 104 Å². The Bertz CT molecular complexity index is 3840. The third-order valence-corrected chi connectivity index (χ3v) is 13.6. The molecule has 0 aliphatic heterocycles. The molecule has 1 heteroatoms. The highest BCUT2D eigenvalue weighted by molar-refractivity contribution is 6.22. The lowest BCUT2D eigenvalue weighted by molar-refractivity contribution is 1.22. The van der Waals surface area contributed by atoms with Gasteiger partial charge in [-0.05, 0) is 135 Å². The normalized spacial score (nSPS) is 12.2. The van der Waals surface area contributed by atoms with Gasteiger partial charge in [0.05, 0.1) is 5.69 Å². The lowest BCUT2D eigenvalue weighted by Crippen LogP contribution is -2.15. The van der Waals surface area contributed by atoms with Crippen LogP contribution in [-0.2, 0) is 0 Å². The molecule has 0 fully saturated rings. The molecule has 0 radical (unpaired) electrons. The van der Waals surface area contributed by atoms with Crippen LogP contribution in [0.4, 0.5) is 11.4 Å². The Morgan fingerprint density at radius 1 is 0.353 bits per heavy atom. The minimum atomic E-state index is 1.05. The number of nitrogens with zero attached hydrogens (tertiary/aromatic N) is 1. The first-order valence-electron chi connectivity index (χ1n) is 23.5. The third kappa shape index (κ3) is 7.05. The number of rotatable bonds is 9. The van der Waals surface area contributed by atoms with Gasteiger partial charge in [0.1, 0.15) is 0 Å². The van der Waals surface area contributed by atoms with Gasteiger partial charge in [-0.1, -0.05) is 237 Å². The molecule has 0 aliphatic rings. The van der Waals surface area contributed by atoms with E-state index in [1.807, 2.05) is 0 Å². The van der Waals surface area contributed by atoms with E-state index in [0.717, 1.165) is 17.1 Å². The predicted octanol–water partition coefficient (Wildman–Crippen LogP) is 18.9. The number of benzene rings is 12. The molecule has 12 aromatic rings. The Kier molecular flexibility index (Phi) is 10.5. The molecule has 1 nitrogen and oxygen atoms in total. The Morgan fingerprint density at radius 3 is 1.22 bits per heavy atom. The van der Waals surface area contributed by atoms with Gasteiger partial charge < -0.3 is 4.90 Å². The van der Waals surface area contributed by atoms with Crippen LogP contribution in [0, 0.1) is 0 Å². The minimum Gasteiger partial charge on any atom is -0.310 e. The zero-order valence-electron chi connectivity index (χ0n) is 37.9. The Labute approximate surface area is 397 Å². The summed E-state index contributed by atoms with van der Waals surface area (Å²) in [5.41, 5.74) is 11.9. The molecular formula is C67H47N. The summed E-state index contributed by atoms with van der Waals surface area (Å²) in [6.45, 7) is 2.11. The third-order valence-electron chi connectivity index (χ3n) is 13.6. The van der Waals surface area contributed by atoms with E-state index >= 15 is 0 Å². The van der Waals surface area contributed by atoms with Crippen LogP contribution in [-0.4, -0.2) is 0 Å². The molecular weight excluding hydrogens is 819 g/mol. The van der Waals surface area contributed by atoms with Crippen molar-refractivity contribution in [1.82, 2.24) is 0 Å². The average Bonchev–Trinajstić information content (AvgIpc) is 3.40. The first kappa shape index (κ1) is 40.7. The fourth-order valence-electron chi connectivity index (χ4n) is 10.7. The molecule has 0 saturated carbocycles. The van der Waals surface area contributed by atoms with E-state index in [-0.39, 0.29) is 0 Å². The molecule has 0 heterocycles. The van der Waals surface area contributed by atoms with Crippen molar-refractivity contribution < 1.29 is 0 Å². The van der Waals surface area contributed by atoms with Gasteiger partial charge in [-0.15, -0.1) is 0 Å². The predicted molar refractivity (Wildman–Crippen MR) is 295 cm³/mol. The van der Waals surface area contributed by atoms with Crippen LogP contribution in [0.3, 0.4) is 0 Å². The maximum absolute atomic E-state index is 2.44. The van der Waals surface area contributed by atoms with Crippen molar-refractivity contribution in [2.75, 3.05) is 4.90 Å². The summed E-state index contributed by atoms with van der Waals surface area (Å²) in [5.74, 6) is 0. The van der Waals surface area contributed by atoms with Crippen molar-refractivity contribution in [1.29, 1.82) is 0 Å². The van der Waals surface area contributed by atoms with Crippen molar-refractivity contribution in [3.05, 3.63) is 272 Å². The zero-order valence-corrected chi connectivity index (χ0v) is 37.9. The summed E-state index contributed by atoms with van der Waals surface area (Å²) in [4.78, 5) is 2.44. The summed E-state index contributed by atoms with van der Waals surface area (Å²) < 4.78 is 0. The standard InChI is InChI=1S/C67H47N/c1-2-22-50(28-21-40-54-55-31-12-15-34-58(55)65(46-23-5-3-6-24-46)59-35-16-13-32-56(54)59)68(64-45-49-27-9-10-29-52(49)53-30-11-14-33-57(53)64)51-43-41-48(42-44-51)67-62-38-19-17-36-60(62)66(47-25-7-4-8-26-47)61-37-18-20-39-63(61)67/h2-45H,1H3/b22-2-,40-21+,50-28+. The van der Waals surface area contributed by atoms with E-state index in [4.69, 9.17) is 0 Å². The number of allylic oxidation sites excluding steroid dienone is 4. The summed E-state index contributed by atoms with van der Waals surface area (Å²) >= 11 is 0. The van der Waals surface area contributed by atoms with Crippen molar-refractivity contribution in [3.63, 3.8) is 0 Å². The average molecular weight is 866 g/mol. The molecule has 0 atom stereocenters. The summed E-state index contributed by atoms with van der Waals surface area (Å²) in [6, 6.07) is 86.3. The zero-order chi connectivity index (χ0) is 45.4. The van der Waals surface area contributed by atoms with Gasteiger partial charge in [-0.3, -0.25) is 0 Å². The molecule has 0 unspecified atom stereocenters. The van der Waals surface area contributed by atoms with E-state index < -0.39 is 0 Å². The fraction of sp³-hybridized carbons (Fsp3) is 0.0149. The minimum absolute atomic E-state index is 1.05. The Balaban J connectivity index is 1.05. The van der Waals surface area contributed by atoms with Crippen LogP contribution >= 0.6 is 0 Å². The number of anilines is 2. The molecule has 0 N–H and O–H groups in total. The van der Waals surface area contributed by atoms with Crippen LogP contribution in [0.5, 0.6) is 0 Å². The fourth-order valence-corrected chi connectivity index (χ4v) is 10.7. The monoisotopic (exact) mass is 865 g/mol. The van der Waals surface area contributed by atoms with Crippen LogP contribution < -0.4 is 4.90 Å². The first-order chi connectivity index (χ1) is 33.7. The van der Waals surface area contributed by atoms with Crippen LogP contribution in [0.1, 0.15) is 12.5 Å². The number of fused-ring (bicyclic) bond motifs is 7. The summed E-state index contributed by atoms with van der Waals surface area (Å²) in [5, 5.41) is 14.8. The second-order valence-corrected chi connectivity index (χ2v) is 17.4. The van der Waals surface area contributed by atoms with Crippen LogP contribution in [0.15, 0.2) is 267 Å². The van der Waals surface area contributed by atoms with E-state index in [9.17, 15) is 0 Å². The van der Waals surface area contributed by atoms with Gasteiger partial charge in [0.2, 0.25) is 0 Å². The molecule has 12 rings (SSSR count). The summed E-state index contributed by atoms with van der Waals surface area (Å²) in [6.07, 6.45) is 11.2. The maximum Gasteiger partial charge on any atom is 0.0546 e. The maximum atomic E-state index is 2.44. The largest absolute Gasteiger partial charge is 0.310 e. The Morgan fingerprint density at radius 2 is 0.735 bits per heavy atom. The topological polar surface area (TPSA) is 3.24 Å². The van der Waals surface area contributed by atoms with Gasteiger partial charge in [0, 0.05) is 16.8 Å². The number of hydrogen-bond acceptors (Lipinski definition) is 1. The molecule has 68 heavy (non-hydrogen) atoms. The SMILES string of the molecule is C\C=C/C(=C\C=C\c1c2ccccc2c(-c2ccccc2)c2ccccc12)N(c1ccc(-c2c3ccccc3c(-c3ccccc3)c3ccccc23)cc1)c1cc2ccccc2c2ccccc12. The highest BCUT2D eigenvalue weighted by Gasteiger charge is 2.21. The second kappa shape index (κ2) is 17.5. The molecule has 0 aromatic heterocycles. The highest BCUT2D eigenvalue weighted by Crippen LogP contribution is 2.46. The lowest BCUT2D eigenvalue weighted by atomic mass is 9.86. The van der Waals surface area contributed by atoms with Gasteiger partial charge >= 0.3 is 0 Å². The molecule has 0 amide bonds. The molecule has 0 bridgehead atoms. The van der Waals surface area contributed by atoms with E-state index in [1.54, 1.807) is 0 Å². The quantitative estimate of drug-likeness (QED) is 0.0794. The van der Waals surface area contributed by atoms with Crippen LogP contribution in [0.2, 0.25) is 0 Å². The molecule has 0 aliphatic carbocycles. The van der Waals surface area contributed by atoms with Gasteiger partial charge in [-0.2, -0.15) is 0 Å². The lowest BCUT2D eigenvalue weighted by Gasteiger charge is -2.28. The highest BCUT2D eigenvalue weighted by atomic mass is 15.1. The van der Waals surface area contributed by atoms with Gasteiger partial charge in [0.25, 0.3) is 0 Å². The van der Waals surface area contributed by atoms with Crippen molar-refractivity contribution in [3.8, 4) is 33.4 Å². The molecule has 12 aromatic carbocycles.